The van der Waals surface area contributed by atoms with Crippen LogP contribution in [0, 0.1) is 0 Å². The van der Waals surface area contributed by atoms with Gasteiger partial charge in [-0.1, -0.05) is 32.8 Å². The lowest BCUT2D eigenvalue weighted by molar-refractivity contribution is 0.305. The molecule has 0 aliphatic carbocycles. The first kappa shape index (κ1) is 15.9. The van der Waals surface area contributed by atoms with E-state index in [1.54, 1.807) is 18.2 Å². The second-order valence-electron chi connectivity index (χ2n) is 4.92. The molecule has 2 aromatic rings. The molecule has 0 spiro atoms. The van der Waals surface area contributed by atoms with E-state index in [0.29, 0.717) is 17.7 Å². The summed E-state index contributed by atoms with van der Waals surface area (Å²) in [6.07, 6.45) is 5.53. The third kappa shape index (κ3) is 3.61. The van der Waals surface area contributed by atoms with Gasteiger partial charge in [-0.05, 0) is 18.6 Å². The van der Waals surface area contributed by atoms with E-state index in [9.17, 15) is 9.90 Å². The van der Waals surface area contributed by atoms with E-state index in [2.05, 4.69) is 13.5 Å². The normalized spacial score (nSPS) is 10.6. The number of ether oxygens (including phenoxy) is 2. The van der Waals surface area contributed by atoms with Crippen molar-refractivity contribution in [2.24, 2.45) is 0 Å². The first-order valence-corrected chi connectivity index (χ1v) is 7.37. The highest BCUT2D eigenvalue weighted by Crippen LogP contribution is 2.33. The topological polar surface area (TPSA) is 68.9 Å². The van der Waals surface area contributed by atoms with Gasteiger partial charge in [-0.3, -0.25) is 0 Å². The molecule has 1 aromatic heterocycles. The van der Waals surface area contributed by atoms with E-state index >= 15 is 0 Å². The summed E-state index contributed by atoms with van der Waals surface area (Å²) in [5, 5.41) is 10.4. The summed E-state index contributed by atoms with van der Waals surface area (Å²) in [6.45, 7) is 6.12. The maximum atomic E-state index is 11.7. The Hall–Kier alpha value is -2.43. The highest BCUT2D eigenvalue weighted by atomic mass is 16.5. The van der Waals surface area contributed by atoms with Gasteiger partial charge in [0, 0.05) is 6.07 Å². The predicted octanol–water partition coefficient (Wildman–Crippen LogP) is 3.98. The van der Waals surface area contributed by atoms with Crippen LogP contribution in [-0.2, 0) is 0 Å². The summed E-state index contributed by atoms with van der Waals surface area (Å²) in [5.74, 6) is 0.0697. The van der Waals surface area contributed by atoms with Crippen molar-refractivity contribution in [2.75, 3.05) is 6.61 Å². The SMILES string of the molecule is C=COc1c(O)c2ccc(OCCCCCC)cc2oc1=O. The molecule has 0 bridgehead atoms. The highest BCUT2D eigenvalue weighted by Gasteiger charge is 2.15. The molecular formula is C17H20O5. The third-order valence-electron chi connectivity index (χ3n) is 3.28. The molecule has 1 N–H and O–H groups in total. The second-order valence-corrected chi connectivity index (χ2v) is 4.92. The maximum absolute atomic E-state index is 11.7. The van der Waals surface area contributed by atoms with Gasteiger partial charge >= 0.3 is 5.63 Å². The van der Waals surface area contributed by atoms with Crippen molar-refractivity contribution in [3.8, 4) is 17.2 Å². The fraction of sp³-hybridized carbons (Fsp3) is 0.353. The molecule has 0 fully saturated rings. The van der Waals surface area contributed by atoms with Crippen LogP contribution in [0.4, 0.5) is 0 Å². The Morgan fingerprint density at radius 1 is 1.32 bits per heavy atom. The van der Waals surface area contributed by atoms with Gasteiger partial charge < -0.3 is 19.0 Å². The quantitative estimate of drug-likeness (QED) is 0.454. The summed E-state index contributed by atoms with van der Waals surface area (Å²) >= 11 is 0. The summed E-state index contributed by atoms with van der Waals surface area (Å²) in [7, 11) is 0. The molecule has 0 amide bonds. The second kappa shape index (κ2) is 7.54. The van der Waals surface area contributed by atoms with Crippen LogP contribution in [-0.4, -0.2) is 11.7 Å². The minimum Gasteiger partial charge on any atom is -0.504 e. The first-order valence-electron chi connectivity index (χ1n) is 7.37. The molecular weight excluding hydrogens is 284 g/mol. The Bertz CT molecular complexity index is 702. The van der Waals surface area contributed by atoms with Crippen LogP contribution in [0.1, 0.15) is 32.6 Å². The van der Waals surface area contributed by atoms with Crippen molar-refractivity contribution in [3.05, 3.63) is 41.5 Å². The molecule has 1 heterocycles. The Morgan fingerprint density at radius 3 is 2.86 bits per heavy atom. The Labute approximate surface area is 128 Å². The van der Waals surface area contributed by atoms with E-state index in [1.165, 1.54) is 12.8 Å². The number of aromatic hydroxyl groups is 1. The zero-order valence-corrected chi connectivity index (χ0v) is 12.6. The third-order valence-corrected chi connectivity index (χ3v) is 3.28. The molecule has 0 radical (unpaired) electrons. The number of fused-ring (bicyclic) bond motifs is 1. The van der Waals surface area contributed by atoms with Crippen LogP contribution in [0.25, 0.3) is 11.0 Å². The molecule has 0 atom stereocenters. The summed E-state index contributed by atoms with van der Waals surface area (Å²) < 4.78 is 15.7. The largest absolute Gasteiger partial charge is 0.504 e. The molecule has 0 saturated heterocycles. The van der Waals surface area contributed by atoms with Gasteiger partial charge in [-0.25, -0.2) is 4.79 Å². The zero-order chi connectivity index (χ0) is 15.9. The van der Waals surface area contributed by atoms with Crippen LogP contribution in [0.5, 0.6) is 17.2 Å². The van der Waals surface area contributed by atoms with Crippen LogP contribution in [0.2, 0.25) is 0 Å². The van der Waals surface area contributed by atoms with Gasteiger partial charge in [-0.15, -0.1) is 0 Å². The number of rotatable bonds is 8. The van der Waals surface area contributed by atoms with Gasteiger partial charge in [0.15, 0.2) is 5.75 Å². The molecule has 118 valence electrons. The zero-order valence-electron chi connectivity index (χ0n) is 12.6. The average molecular weight is 304 g/mol. The lowest BCUT2D eigenvalue weighted by Gasteiger charge is -2.08. The monoisotopic (exact) mass is 304 g/mol. The van der Waals surface area contributed by atoms with E-state index in [0.717, 1.165) is 19.1 Å². The fourth-order valence-corrected chi connectivity index (χ4v) is 2.14. The number of benzene rings is 1. The van der Waals surface area contributed by atoms with Crippen molar-refractivity contribution in [3.63, 3.8) is 0 Å². The van der Waals surface area contributed by atoms with Gasteiger partial charge in [0.05, 0.1) is 18.3 Å². The summed E-state index contributed by atoms with van der Waals surface area (Å²) in [4.78, 5) is 11.7. The standard InChI is InChI=1S/C17H20O5/c1-3-5-6-7-10-21-12-8-9-13-14(11-12)22-17(19)16(15(13)18)20-4-2/h4,8-9,11,18H,2-3,5-7,10H2,1H3. The van der Waals surface area contributed by atoms with E-state index in [-0.39, 0.29) is 17.1 Å². The summed E-state index contributed by atoms with van der Waals surface area (Å²) in [6, 6.07) is 4.94. The molecule has 0 saturated carbocycles. The van der Waals surface area contributed by atoms with Crippen molar-refractivity contribution in [1.82, 2.24) is 0 Å². The number of hydrogen-bond donors (Lipinski definition) is 1. The lowest BCUT2D eigenvalue weighted by atomic mass is 10.2. The number of hydrogen-bond acceptors (Lipinski definition) is 5. The van der Waals surface area contributed by atoms with Crippen LogP contribution < -0.4 is 15.1 Å². The molecule has 0 aliphatic rings. The molecule has 1 aromatic carbocycles. The van der Waals surface area contributed by atoms with Crippen LogP contribution in [0.3, 0.4) is 0 Å². The predicted molar refractivity (Wildman–Crippen MR) is 84.6 cm³/mol. The molecule has 22 heavy (non-hydrogen) atoms. The van der Waals surface area contributed by atoms with Gasteiger partial charge in [0.1, 0.15) is 11.3 Å². The van der Waals surface area contributed by atoms with Gasteiger partial charge in [0.25, 0.3) is 5.75 Å². The lowest BCUT2D eigenvalue weighted by Crippen LogP contribution is -2.03. The van der Waals surface area contributed by atoms with E-state index < -0.39 is 5.63 Å². The van der Waals surface area contributed by atoms with Crippen LogP contribution >= 0.6 is 0 Å². The highest BCUT2D eigenvalue weighted by molar-refractivity contribution is 5.86. The minimum atomic E-state index is -0.759. The fourth-order valence-electron chi connectivity index (χ4n) is 2.14. The number of unbranched alkanes of at least 4 members (excludes halogenated alkanes) is 3. The molecule has 0 unspecified atom stereocenters. The van der Waals surface area contributed by atoms with E-state index in [4.69, 9.17) is 13.9 Å². The smallest absolute Gasteiger partial charge is 0.383 e. The molecule has 5 nitrogen and oxygen atoms in total. The molecule has 0 aliphatic heterocycles. The molecule has 2 rings (SSSR count). The Morgan fingerprint density at radius 2 is 2.14 bits per heavy atom. The van der Waals surface area contributed by atoms with Gasteiger partial charge in [0.2, 0.25) is 0 Å². The van der Waals surface area contributed by atoms with Crippen molar-refractivity contribution < 1.29 is 19.0 Å². The van der Waals surface area contributed by atoms with Crippen LogP contribution in [0.15, 0.2) is 40.3 Å². The Balaban J connectivity index is 2.19. The van der Waals surface area contributed by atoms with Gasteiger partial charge in [-0.2, -0.15) is 0 Å². The average Bonchev–Trinajstić information content (AvgIpc) is 2.51. The molecule has 5 heteroatoms. The minimum absolute atomic E-state index is 0.255. The van der Waals surface area contributed by atoms with Crippen molar-refractivity contribution >= 4 is 11.0 Å². The van der Waals surface area contributed by atoms with E-state index in [1.807, 2.05) is 0 Å². The van der Waals surface area contributed by atoms with Crippen molar-refractivity contribution in [2.45, 2.75) is 32.6 Å². The first-order chi connectivity index (χ1) is 10.7. The summed E-state index contributed by atoms with van der Waals surface area (Å²) in [5.41, 5.74) is -0.505. The Kier molecular flexibility index (Phi) is 5.47. The maximum Gasteiger partial charge on any atom is 0.383 e. The van der Waals surface area contributed by atoms with Crippen molar-refractivity contribution in [1.29, 1.82) is 0 Å².